The van der Waals surface area contributed by atoms with E-state index in [1.54, 1.807) is 0 Å². The highest BCUT2D eigenvalue weighted by molar-refractivity contribution is 5.74. The van der Waals surface area contributed by atoms with E-state index in [0.717, 1.165) is 70.5 Å². The van der Waals surface area contributed by atoms with Crippen LogP contribution in [0.25, 0.3) is 33.4 Å². The summed E-state index contributed by atoms with van der Waals surface area (Å²) in [6, 6.07) is 23.3. The van der Waals surface area contributed by atoms with Crippen molar-refractivity contribution < 1.29 is 10.2 Å². The summed E-state index contributed by atoms with van der Waals surface area (Å²) in [5.74, 6) is 0.316. The van der Waals surface area contributed by atoms with E-state index in [2.05, 4.69) is 30.2 Å². The van der Waals surface area contributed by atoms with Crippen LogP contribution in [-0.4, -0.2) is 76.2 Å². The van der Waals surface area contributed by atoms with Gasteiger partial charge in [0, 0.05) is 37.3 Å². The average molecular weight is 603 g/mol. The first-order chi connectivity index (χ1) is 21.9. The molecule has 0 unspecified atom stereocenters. The molecule has 0 amide bonds. The van der Waals surface area contributed by atoms with Crippen LogP contribution < -0.4 is 0 Å². The Labute approximate surface area is 262 Å². The van der Waals surface area contributed by atoms with Gasteiger partial charge in [-0.25, -0.2) is 0 Å². The van der Waals surface area contributed by atoms with Crippen molar-refractivity contribution >= 4 is 22.1 Å². The Morgan fingerprint density at radius 3 is 1.47 bits per heavy atom. The number of phenols is 2. The van der Waals surface area contributed by atoms with E-state index in [1.807, 2.05) is 86.6 Å². The maximum absolute atomic E-state index is 11.6. The molecule has 0 saturated carbocycles. The Balaban J connectivity index is 1.22. The second kappa shape index (κ2) is 12.3. The molecule has 2 aromatic heterocycles. The van der Waals surface area contributed by atoms with Crippen LogP contribution in [-0.2, 0) is 13.1 Å². The fourth-order valence-electron chi connectivity index (χ4n) is 6.31. The maximum Gasteiger partial charge on any atom is 0.147 e. The average Bonchev–Trinajstić information content (AvgIpc) is 3.68. The summed E-state index contributed by atoms with van der Waals surface area (Å²) in [5.41, 5.74) is 7.78. The molecule has 3 heterocycles. The zero-order valence-corrected chi connectivity index (χ0v) is 25.8. The van der Waals surface area contributed by atoms with Crippen LogP contribution >= 0.6 is 0 Å². The first kappa shape index (κ1) is 28.9. The highest BCUT2D eigenvalue weighted by Crippen LogP contribution is 2.32. The summed E-state index contributed by atoms with van der Waals surface area (Å²) < 4.78 is 0. The molecule has 45 heavy (non-hydrogen) atoms. The Kier molecular flexibility index (Phi) is 7.91. The van der Waals surface area contributed by atoms with Crippen molar-refractivity contribution in [2.24, 2.45) is 0 Å². The van der Waals surface area contributed by atoms with E-state index < -0.39 is 0 Å². The summed E-state index contributed by atoms with van der Waals surface area (Å²) in [4.78, 5) is 7.85. The summed E-state index contributed by atoms with van der Waals surface area (Å²) >= 11 is 0. The normalized spacial score (nSPS) is 14.2. The van der Waals surface area contributed by atoms with Crippen molar-refractivity contribution in [1.82, 2.24) is 39.8 Å². The number of fused-ring (bicyclic) bond motifs is 2. The predicted octanol–water partition coefficient (Wildman–Crippen LogP) is 5.67. The van der Waals surface area contributed by atoms with Gasteiger partial charge in [0.25, 0.3) is 0 Å². The van der Waals surface area contributed by atoms with Gasteiger partial charge in [-0.15, -0.1) is 30.0 Å². The number of rotatable bonds is 9. The van der Waals surface area contributed by atoms with Crippen LogP contribution in [0.15, 0.2) is 72.8 Å². The molecule has 10 nitrogen and oxygen atoms in total. The SMILES string of the molecule is Cc1cc(CN(CCN2CCCCC2)Cc2cc(C)cc(-n3nc4ccccc4n3)c2O)c(O)c(-n2nc3ccccc3n2)c1. The van der Waals surface area contributed by atoms with Crippen LogP contribution in [0.5, 0.6) is 11.5 Å². The minimum Gasteiger partial charge on any atom is -0.505 e. The van der Waals surface area contributed by atoms with Crippen molar-refractivity contribution in [2.45, 2.75) is 46.2 Å². The van der Waals surface area contributed by atoms with E-state index in [9.17, 15) is 10.2 Å². The van der Waals surface area contributed by atoms with Gasteiger partial charge in [0.15, 0.2) is 0 Å². The number of likely N-dealkylation sites (tertiary alicyclic amines) is 1. The molecule has 1 saturated heterocycles. The van der Waals surface area contributed by atoms with Gasteiger partial charge in [-0.2, -0.15) is 0 Å². The summed E-state index contributed by atoms with van der Waals surface area (Å²) in [5, 5.41) is 41.7. The molecule has 230 valence electrons. The van der Waals surface area contributed by atoms with Crippen molar-refractivity contribution in [1.29, 1.82) is 0 Å². The zero-order chi connectivity index (χ0) is 30.9. The first-order valence-corrected chi connectivity index (χ1v) is 15.7. The highest BCUT2D eigenvalue weighted by atomic mass is 16.3. The second-order valence-corrected chi connectivity index (χ2v) is 12.2. The molecule has 4 aromatic carbocycles. The molecule has 1 aliphatic rings. The molecule has 0 spiro atoms. The Bertz CT molecular complexity index is 1780. The Morgan fingerprint density at radius 2 is 1.04 bits per heavy atom. The van der Waals surface area contributed by atoms with Gasteiger partial charge in [-0.3, -0.25) is 4.90 Å². The number of piperidine rings is 1. The largest absolute Gasteiger partial charge is 0.505 e. The van der Waals surface area contributed by atoms with Gasteiger partial charge in [0.1, 0.15) is 44.9 Å². The van der Waals surface area contributed by atoms with Crippen LogP contribution in [0, 0.1) is 13.8 Å². The lowest BCUT2D eigenvalue weighted by Gasteiger charge is -2.30. The molecule has 0 bridgehead atoms. The monoisotopic (exact) mass is 602 g/mol. The quantitative estimate of drug-likeness (QED) is 0.218. The number of hydrogen-bond acceptors (Lipinski definition) is 8. The number of hydrogen-bond donors (Lipinski definition) is 2. The lowest BCUT2D eigenvalue weighted by molar-refractivity contribution is 0.171. The number of nitrogens with zero attached hydrogens (tertiary/aromatic N) is 8. The summed E-state index contributed by atoms with van der Waals surface area (Å²) in [6.07, 6.45) is 3.73. The molecular weight excluding hydrogens is 564 g/mol. The summed E-state index contributed by atoms with van der Waals surface area (Å²) in [6.45, 7) is 8.91. The standard InChI is InChI=1S/C35H38N8O2/c1-24-18-26(34(44)32(20-24)42-36-28-10-4-5-11-29(28)37-42)22-41(17-16-40-14-8-3-9-15-40)23-27-19-25(2)21-33(35(27)45)43-38-30-12-6-7-13-31(30)39-43/h4-7,10-13,18-21,44-45H,3,8-9,14-17,22-23H2,1-2H3. The van der Waals surface area contributed by atoms with E-state index >= 15 is 0 Å². The van der Waals surface area contributed by atoms with Gasteiger partial charge in [0.2, 0.25) is 0 Å². The molecule has 6 aromatic rings. The van der Waals surface area contributed by atoms with E-state index in [4.69, 9.17) is 0 Å². The molecular formula is C35H38N8O2. The molecule has 0 aliphatic carbocycles. The third-order valence-corrected chi connectivity index (χ3v) is 8.60. The predicted molar refractivity (Wildman–Crippen MR) is 175 cm³/mol. The minimum absolute atomic E-state index is 0.158. The van der Waals surface area contributed by atoms with Gasteiger partial charge >= 0.3 is 0 Å². The topological polar surface area (TPSA) is 108 Å². The Hall–Kier alpha value is -4.80. The van der Waals surface area contributed by atoms with Crippen molar-refractivity contribution in [3.63, 3.8) is 0 Å². The first-order valence-electron chi connectivity index (χ1n) is 15.7. The molecule has 1 fully saturated rings. The molecule has 1 aliphatic heterocycles. The summed E-state index contributed by atoms with van der Waals surface area (Å²) in [7, 11) is 0. The number of benzene rings is 4. The molecule has 7 rings (SSSR count). The number of aryl methyl sites for hydroxylation is 2. The minimum atomic E-state index is 0.158. The van der Waals surface area contributed by atoms with Gasteiger partial charge < -0.3 is 15.1 Å². The van der Waals surface area contributed by atoms with E-state index in [-0.39, 0.29) is 11.5 Å². The van der Waals surface area contributed by atoms with Crippen molar-refractivity contribution in [2.75, 3.05) is 26.2 Å². The van der Waals surface area contributed by atoms with Crippen LogP contribution in [0.3, 0.4) is 0 Å². The van der Waals surface area contributed by atoms with Gasteiger partial charge in [-0.1, -0.05) is 42.8 Å². The lowest BCUT2D eigenvalue weighted by Crippen LogP contribution is -2.37. The fraction of sp³-hybridized carbons (Fsp3) is 0.314. The van der Waals surface area contributed by atoms with E-state index in [0.29, 0.717) is 24.5 Å². The fourth-order valence-corrected chi connectivity index (χ4v) is 6.31. The number of phenolic OH excluding ortho intramolecular Hbond substituents is 2. The van der Waals surface area contributed by atoms with Crippen LogP contribution in [0.1, 0.15) is 41.5 Å². The lowest BCUT2D eigenvalue weighted by atomic mass is 10.1. The third kappa shape index (κ3) is 6.11. The van der Waals surface area contributed by atoms with Crippen molar-refractivity contribution in [3.05, 3.63) is 95.1 Å². The number of aromatic hydroxyl groups is 2. The molecule has 10 heteroatoms. The van der Waals surface area contributed by atoms with Crippen LogP contribution in [0.2, 0.25) is 0 Å². The zero-order valence-electron chi connectivity index (χ0n) is 25.8. The number of aromatic nitrogens is 6. The highest BCUT2D eigenvalue weighted by Gasteiger charge is 2.21. The smallest absolute Gasteiger partial charge is 0.147 e. The Morgan fingerprint density at radius 1 is 0.622 bits per heavy atom. The molecule has 0 radical (unpaired) electrons. The maximum atomic E-state index is 11.6. The van der Waals surface area contributed by atoms with Gasteiger partial charge in [0.05, 0.1) is 0 Å². The van der Waals surface area contributed by atoms with E-state index in [1.165, 1.54) is 28.9 Å². The second-order valence-electron chi connectivity index (χ2n) is 12.2. The molecule has 2 N–H and O–H groups in total. The molecule has 0 atom stereocenters. The van der Waals surface area contributed by atoms with Gasteiger partial charge in [-0.05, 0) is 87.3 Å². The van der Waals surface area contributed by atoms with Crippen molar-refractivity contribution in [3.8, 4) is 22.9 Å². The van der Waals surface area contributed by atoms with Crippen LogP contribution in [0.4, 0.5) is 0 Å². The third-order valence-electron chi connectivity index (χ3n) is 8.60.